The van der Waals surface area contributed by atoms with Crippen LogP contribution in [0.4, 0.5) is 5.69 Å². The van der Waals surface area contributed by atoms with Crippen LogP contribution in [-0.2, 0) is 14.8 Å². The summed E-state index contributed by atoms with van der Waals surface area (Å²) in [5.74, 6) is 0.0795. The molecule has 0 bridgehead atoms. The molecule has 1 unspecified atom stereocenters. The average molecular weight is 387 g/mol. The fourth-order valence-electron chi connectivity index (χ4n) is 3.34. The number of anilines is 1. The van der Waals surface area contributed by atoms with Gasteiger partial charge in [-0.1, -0.05) is 43.7 Å². The maximum absolute atomic E-state index is 13.0. The molecule has 1 aliphatic rings. The Balaban J connectivity index is 1.80. The van der Waals surface area contributed by atoms with Crippen molar-refractivity contribution in [3.05, 3.63) is 59.7 Å². The summed E-state index contributed by atoms with van der Waals surface area (Å²) in [5.41, 5.74) is 2.82. The first-order valence-corrected chi connectivity index (χ1v) is 10.7. The molecule has 0 saturated carbocycles. The Morgan fingerprint density at radius 2 is 1.85 bits per heavy atom. The Labute approximate surface area is 161 Å². The molecule has 6 heteroatoms. The molecule has 1 fully saturated rings. The third-order valence-corrected chi connectivity index (χ3v) is 6.88. The minimum Gasteiger partial charge on any atom is -0.325 e. The predicted molar refractivity (Wildman–Crippen MR) is 107 cm³/mol. The highest BCUT2D eigenvalue weighted by Crippen LogP contribution is 2.27. The molecular formula is C21H26N2O3S. The molecule has 2 aromatic rings. The van der Waals surface area contributed by atoms with E-state index in [9.17, 15) is 13.2 Å². The van der Waals surface area contributed by atoms with Gasteiger partial charge in [0.2, 0.25) is 15.9 Å². The van der Waals surface area contributed by atoms with Gasteiger partial charge in [-0.2, -0.15) is 4.31 Å². The molecule has 0 aromatic heterocycles. The van der Waals surface area contributed by atoms with Crippen LogP contribution in [0.5, 0.6) is 0 Å². The maximum Gasteiger partial charge on any atom is 0.243 e. The quantitative estimate of drug-likeness (QED) is 0.847. The van der Waals surface area contributed by atoms with E-state index >= 15 is 0 Å². The smallest absolute Gasteiger partial charge is 0.243 e. The molecule has 0 spiro atoms. The highest BCUT2D eigenvalue weighted by molar-refractivity contribution is 7.89. The Hall–Kier alpha value is -2.18. The van der Waals surface area contributed by atoms with Gasteiger partial charge in [0, 0.05) is 12.2 Å². The standard InChI is InChI=1S/C21H26N2O3S/c1-15(2)17-6-4-7-18(14-17)22-21(24)20-8-5-13-23(20)27(25,26)19-11-9-16(3)10-12-19/h4,6-7,9-12,14-15,20H,5,8,13H2,1-3H3,(H,22,24). The third-order valence-electron chi connectivity index (χ3n) is 4.95. The van der Waals surface area contributed by atoms with E-state index < -0.39 is 16.1 Å². The second-order valence-corrected chi connectivity index (χ2v) is 9.25. The molecule has 1 heterocycles. The fraction of sp³-hybridized carbons (Fsp3) is 0.381. The van der Waals surface area contributed by atoms with Crippen molar-refractivity contribution in [2.24, 2.45) is 0 Å². The Bertz CT molecular complexity index is 921. The molecule has 2 aromatic carbocycles. The van der Waals surface area contributed by atoms with E-state index in [4.69, 9.17) is 0 Å². The Kier molecular flexibility index (Phi) is 5.67. The van der Waals surface area contributed by atoms with Crippen molar-refractivity contribution < 1.29 is 13.2 Å². The number of amides is 1. The van der Waals surface area contributed by atoms with Crippen LogP contribution in [0.25, 0.3) is 0 Å². The minimum atomic E-state index is -3.69. The van der Waals surface area contributed by atoms with Crippen LogP contribution in [0.3, 0.4) is 0 Å². The first-order valence-electron chi connectivity index (χ1n) is 9.28. The number of aryl methyl sites for hydroxylation is 1. The number of hydrogen-bond acceptors (Lipinski definition) is 3. The van der Waals surface area contributed by atoms with Gasteiger partial charge in [-0.3, -0.25) is 4.79 Å². The zero-order valence-electron chi connectivity index (χ0n) is 16.0. The van der Waals surface area contributed by atoms with Crippen LogP contribution < -0.4 is 5.32 Å². The van der Waals surface area contributed by atoms with E-state index in [1.807, 2.05) is 31.2 Å². The lowest BCUT2D eigenvalue weighted by Crippen LogP contribution is -2.43. The molecule has 1 saturated heterocycles. The van der Waals surface area contributed by atoms with Crippen LogP contribution >= 0.6 is 0 Å². The van der Waals surface area contributed by atoms with E-state index in [0.29, 0.717) is 31.0 Å². The molecule has 1 N–H and O–H groups in total. The lowest BCUT2D eigenvalue weighted by Gasteiger charge is -2.23. The largest absolute Gasteiger partial charge is 0.325 e. The molecule has 0 radical (unpaired) electrons. The molecule has 144 valence electrons. The van der Waals surface area contributed by atoms with Crippen LogP contribution in [0, 0.1) is 6.92 Å². The van der Waals surface area contributed by atoms with E-state index in [2.05, 4.69) is 19.2 Å². The van der Waals surface area contributed by atoms with Gasteiger partial charge in [0.15, 0.2) is 0 Å². The number of hydrogen-bond donors (Lipinski definition) is 1. The molecule has 1 aliphatic heterocycles. The van der Waals surface area contributed by atoms with Crippen LogP contribution in [-0.4, -0.2) is 31.2 Å². The predicted octanol–water partition coefficient (Wildman–Crippen LogP) is 3.91. The van der Waals surface area contributed by atoms with Crippen molar-refractivity contribution in [1.29, 1.82) is 0 Å². The van der Waals surface area contributed by atoms with Crippen molar-refractivity contribution >= 4 is 21.6 Å². The van der Waals surface area contributed by atoms with Crippen molar-refractivity contribution in [3.8, 4) is 0 Å². The second-order valence-electron chi connectivity index (χ2n) is 7.36. The summed E-state index contributed by atoms with van der Waals surface area (Å²) in [7, 11) is -3.69. The first kappa shape index (κ1) is 19.6. The number of benzene rings is 2. The van der Waals surface area contributed by atoms with Gasteiger partial charge in [-0.05, 0) is 55.5 Å². The van der Waals surface area contributed by atoms with Gasteiger partial charge in [0.05, 0.1) is 4.90 Å². The zero-order valence-corrected chi connectivity index (χ0v) is 16.8. The molecule has 5 nitrogen and oxygen atoms in total. The van der Waals surface area contributed by atoms with Crippen molar-refractivity contribution in [2.45, 2.75) is 50.5 Å². The number of nitrogens with zero attached hydrogens (tertiary/aromatic N) is 1. The minimum absolute atomic E-state index is 0.231. The van der Waals surface area contributed by atoms with Crippen molar-refractivity contribution in [3.63, 3.8) is 0 Å². The molecule has 3 rings (SSSR count). The SMILES string of the molecule is Cc1ccc(S(=O)(=O)N2CCCC2C(=O)Nc2cccc(C(C)C)c2)cc1. The van der Waals surface area contributed by atoms with Gasteiger partial charge in [-0.25, -0.2) is 8.42 Å². The summed E-state index contributed by atoms with van der Waals surface area (Å²) in [6, 6.07) is 13.8. The van der Waals surface area contributed by atoms with Crippen molar-refractivity contribution in [1.82, 2.24) is 4.31 Å². The average Bonchev–Trinajstić information content (AvgIpc) is 3.13. The van der Waals surface area contributed by atoms with Crippen LogP contribution in [0.1, 0.15) is 43.7 Å². The van der Waals surface area contributed by atoms with Gasteiger partial charge >= 0.3 is 0 Å². The van der Waals surface area contributed by atoms with Gasteiger partial charge in [0.25, 0.3) is 0 Å². The Morgan fingerprint density at radius 3 is 2.52 bits per heavy atom. The van der Waals surface area contributed by atoms with E-state index in [1.54, 1.807) is 24.3 Å². The number of sulfonamides is 1. The van der Waals surface area contributed by atoms with E-state index in [0.717, 1.165) is 11.1 Å². The van der Waals surface area contributed by atoms with Gasteiger partial charge in [-0.15, -0.1) is 0 Å². The number of nitrogens with one attached hydrogen (secondary N) is 1. The number of carbonyl (C=O) groups excluding carboxylic acids is 1. The van der Waals surface area contributed by atoms with E-state index in [1.165, 1.54) is 4.31 Å². The summed E-state index contributed by atoms with van der Waals surface area (Å²) >= 11 is 0. The molecule has 0 aliphatic carbocycles. The lowest BCUT2D eigenvalue weighted by atomic mass is 10.0. The molecule has 1 atom stereocenters. The lowest BCUT2D eigenvalue weighted by molar-refractivity contribution is -0.119. The van der Waals surface area contributed by atoms with Crippen LogP contribution in [0.15, 0.2) is 53.4 Å². The van der Waals surface area contributed by atoms with Crippen LogP contribution in [0.2, 0.25) is 0 Å². The number of rotatable bonds is 5. The highest BCUT2D eigenvalue weighted by Gasteiger charge is 2.39. The molecule has 27 heavy (non-hydrogen) atoms. The van der Waals surface area contributed by atoms with Gasteiger partial charge in [0.1, 0.15) is 6.04 Å². The monoisotopic (exact) mass is 386 g/mol. The summed E-state index contributed by atoms with van der Waals surface area (Å²) in [4.78, 5) is 13.1. The first-order chi connectivity index (χ1) is 12.8. The number of carbonyl (C=O) groups is 1. The highest BCUT2D eigenvalue weighted by atomic mass is 32.2. The Morgan fingerprint density at radius 1 is 1.15 bits per heavy atom. The maximum atomic E-state index is 13.0. The summed E-state index contributed by atoms with van der Waals surface area (Å²) < 4.78 is 27.3. The topological polar surface area (TPSA) is 66.5 Å². The molecular weight excluding hydrogens is 360 g/mol. The van der Waals surface area contributed by atoms with Gasteiger partial charge < -0.3 is 5.32 Å². The zero-order chi connectivity index (χ0) is 19.6. The summed E-state index contributed by atoms with van der Waals surface area (Å²) in [5, 5.41) is 2.90. The third kappa shape index (κ3) is 4.22. The second kappa shape index (κ2) is 7.82. The molecule has 1 amide bonds. The van der Waals surface area contributed by atoms with Crippen molar-refractivity contribution in [2.75, 3.05) is 11.9 Å². The van der Waals surface area contributed by atoms with E-state index in [-0.39, 0.29) is 10.8 Å². The summed E-state index contributed by atoms with van der Waals surface area (Å²) in [6.45, 7) is 6.45. The summed E-state index contributed by atoms with van der Waals surface area (Å²) in [6.07, 6.45) is 1.20. The fourth-order valence-corrected chi connectivity index (χ4v) is 4.99. The normalized spacial score (nSPS) is 18.0.